The summed E-state index contributed by atoms with van der Waals surface area (Å²) in [6.45, 7) is 3.18. The molecule has 2 fully saturated rings. The summed E-state index contributed by atoms with van der Waals surface area (Å²) in [6, 6.07) is 0. The number of rotatable bonds is 5. The van der Waals surface area contributed by atoms with Gasteiger partial charge in [0.1, 0.15) is 24.4 Å². The van der Waals surface area contributed by atoms with E-state index in [1.807, 2.05) is 0 Å². The number of cyclic esters (lactones) is 1. The standard InChI is InChI=1S/C17H24O10/c1-3-7-8-4-11(23-2)26-15(22)9(8)6-24-16(7)27-17-14(21)13(20)12(19)10(5-18)25-17/h3,6-8,10-14,16-21H,1,4-5H2,2H3/t7-,8+,10+,11+,12+,13-,14+,16+,17-/m0/s1. The highest BCUT2D eigenvalue weighted by molar-refractivity contribution is 5.89. The first kappa shape index (κ1) is 20.2. The summed E-state index contributed by atoms with van der Waals surface area (Å²) in [5.74, 6) is -1.41. The van der Waals surface area contributed by atoms with Gasteiger partial charge in [-0.2, -0.15) is 0 Å². The molecule has 10 heteroatoms. The van der Waals surface area contributed by atoms with Crippen LogP contribution in [-0.2, 0) is 28.5 Å². The fourth-order valence-electron chi connectivity index (χ4n) is 3.50. The van der Waals surface area contributed by atoms with Gasteiger partial charge in [0.25, 0.3) is 0 Å². The smallest absolute Gasteiger partial charge is 0.339 e. The molecule has 2 saturated heterocycles. The van der Waals surface area contributed by atoms with Crippen LogP contribution in [0.3, 0.4) is 0 Å². The van der Waals surface area contributed by atoms with E-state index in [4.69, 9.17) is 23.7 Å². The molecule has 3 aliphatic rings. The van der Waals surface area contributed by atoms with E-state index in [9.17, 15) is 25.2 Å². The van der Waals surface area contributed by atoms with Gasteiger partial charge in [0.2, 0.25) is 12.6 Å². The largest absolute Gasteiger partial charge is 0.471 e. The zero-order chi connectivity index (χ0) is 19.7. The van der Waals surface area contributed by atoms with Crippen molar-refractivity contribution in [3.63, 3.8) is 0 Å². The normalized spacial score (nSPS) is 44.6. The first-order valence-corrected chi connectivity index (χ1v) is 8.59. The highest BCUT2D eigenvalue weighted by Gasteiger charge is 2.49. The SMILES string of the molecule is C=C[C@@H]1[C@@H](O[C@@H]2O[C@H](CO)[C@@H](O)[C@H](O)[C@H]2O)OC=C2C(=O)O[C@@H](OC)C[C@@H]21. The van der Waals surface area contributed by atoms with Crippen LogP contribution in [0.1, 0.15) is 6.42 Å². The maximum atomic E-state index is 12.1. The molecule has 0 aromatic heterocycles. The van der Waals surface area contributed by atoms with Crippen molar-refractivity contribution in [2.45, 2.75) is 49.7 Å². The van der Waals surface area contributed by atoms with Gasteiger partial charge in [0.15, 0.2) is 6.29 Å². The van der Waals surface area contributed by atoms with Crippen LogP contribution < -0.4 is 0 Å². The van der Waals surface area contributed by atoms with Gasteiger partial charge in [-0.15, -0.1) is 6.58 Å². The number of esters is 1. The van der Waals surface area contributed by atoms with Gasteiger partial charge in [-0.1, -0.05) is 6.08 Å². The van der Waals surface area contributed by atoms with Crippen molar-refractivity contribution in [1.82, 2.24) is 0 Å². The lowest BCUT2D eigenvalue weighted by Crippen LogP contribution is -2.60. The molecular formula is C17H24O10. The van der Waals surface area contributed by atoms with Crippen LogP contribution in [0.5, 0.6) is 0 Å². The van der Waals surface area contributed by atoms with Crippen molar-refractivity contribution in [3.05, 3.63) is 24.5 Å². The topological polar surface area (TPSA) is 144 Å². The summed E-state index contributed by atoms with van der Waals surface area (Å²) in [7, 11) is 1.43. The number of hydrogen-bond donors (Lipinski definition) is 4. The molecule has 0 unspecified atom stereocenters. The average Bonchev–Trinajstić information content (AvgIpc) is 2.67. The third-order valence-corrected chi connectivity index (χ3v) is 5.08. The number of carbonyl (C=O) groups excluding carboxylic acids is 1. The van der Waals surface area contributed by atoms with Gasteiger partial charge in [0, 0.05) is 25.4 Å². The fraction of sp³-hybridized carbons (Fsp3) is 0.706. The lowest BCUT2D eigenvalue weighted by Gasteiger charge is -2.44. The second-order valence-electron chi connectivity index (χ2n) is 6.64. The number of aliphatic hydroxyl groups excluding tert-OH is 4. The Balaban J connectivity index is 1.77. The van der Waals surface area contributed by atoms with Crippen LogP contribution >= 0.6 is 0 Å². The predicted molar refractivity (Wildman–Crippen MR) is 86.5 cm³/mol. The third kappa shape index (κ3) is 3.74. The predicted octanol–water partition coefficient (Wildman–Crippen LogP) is -1.62. The minimum absolute atomic E-state index is 0.321. The molecule has 0 aromatic rings. The molecule has 0 saturated carbocycles. The summed E-state index contributed by atoms with van der Waals surface area (Å²) in [5.41, 5.74) is 0.321. The molecule has 0 bridgehead atoms. The zero-order valence-electron chi connectivity index (χ0n) is 14.7. The van der Waals surface area contributed by atoms with Gasteiger partial charge < -0.3 is 44.1 Å². The van der Waals surface area contributed by atoms with Gasteiger partial charge in [-0.05, 0) is 0 Å². The van der Waals surface area contributed by atoms with Gasteiger partial charge in [0.05, 0.1) is 18.4 Å². The average molecular weight is 388 g/mol. The fourth-order valence-corrected chi connectivity index (χ4v) is 3.50. The molecule has 0 aliphatic carbocycles. The van der Waals surface area contributed by atoms with E-state index in [0.717, 1.165) is 0 Å². The molecule has 3 aliphatic heterocycles. The van der Waals surface area contributed by atoms with Crippen LogP contribution in [0.2, 0.25) is 0 Å². The maximum absolute atomic E-state index is 12.1. The molecule has 0 spiro atoms. The number of ether oxygens (including phenoxy) is 5. The minimum atomic E-state index is -1.57. The van der Waals surface area contributed by atoms with Gasteiger partial charge in [-0.25, -0.2) is 4.79 Å². The highest BCUT2D eigenvalue weighted by Crippen LogP contribution is 2.40. The Bertz CT molecular complexity index is 590. The number of fused-ring (bicyclic) bond motifs is 1. The second kappa shape index (κ2) is 8.23. The minimum Gasteiger partial charge on any atom is -0.471 e. The van der Waals surface area contributed by atoms with E-state index >= 15 is 0 Å². The van der Waals surface area contributed by atoms with E-state index < -0.39 is 61.8 Å². The van der Waals surface area contributed by atoms with Crippen molar-refractivity contribution in [1.29, 1.82) is 0 Å². The molecule has 27 heavy (non-hydrogen) atoms. The Morgan fingerprint density at radius 1 is 1.26 bits per heavy atom. The van der Waals surface area contributed by atoms with E-state index in [1.54, 1.807) is 6.08 Å². The monoisotopic (exact) mass is 388 g/mol. The first-order valence-electron chi connectivity index (χ1n) is 8.59. The molecule has 0 aromatic carbocycles. The van der Waals surface area contributed by atoms with Crippen molar-refractivity contribution >= 4 is 5.97 Å². The van der Waals surface area contributed by atoms with Crippen molar-refractivity contribution in [2.24, 2.45) is 11.8 Å². The molecular weight excluding hydrogens is 364 g/mol. The van der Waals surface area contributed by atoms with Crippen LogP contribution in [0.15, 0.2) is 24.5 Å². The quantitative estimate of drug-likeness (QED) is 0.320. The van der Waals surface area contributed by atoms with Crippen molar-refractivity contribution in [3.8, 4) is 0 Å². The number of hydrogen-bond acceptors (Lipinski definition) is 10. The summed E-state index contributed by atoms with van der Waals surface area (Å²) >= 11 is 0. The summed E-state index contributed by atoms with van der Waals surface area (Å²) in [5, 5.41) is 39.1. The van der Waals surface area contributed by atoms with Crippen LogP contribution in [-0.4, -0.2) is 83.4 Å². The molecule has 10 nitrogen and oxygen atoms in total. The molecule has 3 heterocycles. The summed E-state index contributed by atoms with van der Waals surface area (Å²) in [6.07, 6.45) is -5.65. The highest BCUT2D eigenvalue weighted by atomic mass is 16.8. The molecule has 0 radical (unpaired) electrons. The number of carbonyl (C=O) groups is 1. The van der Waals surface area contributed by atoms with Crippen molar-refractivity contribution in [2.75, 3.05) is 13.7 Å². The molecule has 0 amide bonds. The van der Waals surface area contributed by atoms with E-state index in [2.05, 4.69) is 6.58 Å². The molecule has 4 N–H and O–H groups in total. The van der Waals surface area contributed by atoms with Crippen molar-refractivity contribution < 1.29 is 48.9 Å². The second-order valence-corrected chi connectivity index (χ2v) is 6.64. The van der Waals surface area contributed by atoms with E-state index in [-0.39, 0.29) is 5.92 Å². The van der Waals surface area contributed by atoms with E-state index in [0.29, 0.717) is 12.0 Å². The lowest BCUT2D eigenvalue weighted by molar-refractivity contribution is -0.340. The Kier molecular flexibility index (Phi) is 6.16. The summed E-state index contributed by atoms with van der Waals surface area (Å²) < 4.78 is 26.7. The Hall–Kier alpha value is -1.53. The number of methoxy groups -OCH3 is 1. The molecule has 3 rings (SSSR count). The zero-order valence-corrected chi connectivity index (χ0v) is 14.7. The first-order chi connectivity index (χ1) is 12.9. The lowest BCUT2D eigenvalue weighted by atomic mass is 9.80. The number of aliphatic hydroxyl groups is 4. The summed E-state index contributed by atoms with van der Waals surface area (Å²) in [4.78, 5) is 12.1. The van der Waals surface area contributed by atoms with Gasteiger partial charge in [-0.3, -0.25) is 0 Å². The molecule has 9 atom stereocenters. The Labute approximate surface area is 155 Å². The van der Waals surface area contributed by atoms with Crippen LogP contribution in [0.25, 0.3) is 0 Å². The molecule has 152 valence electrons. The van der Waals surface area contributed by atoms with Crippen LogP contribution in [0.4, 0.5) is 0 Å². The van der Waals surface area contributed by atoms with E-state index in [1.165, 1.54) is 13.4 Å². The maximum Gasteiger partial charge on any atom is 0.339 e. The Morgan fingerprint density at radius 3 is 2.63 bits per heavy atom. The van der Waals surface area contributed by atoms with Gasteiger partial charge >= 0.3 is 5.97 Å². The third-order valence-electron chi connectivity index (χ3n) is 5.08. The van der Waals surface area contributed by atoms with Crippen LogP contribution in [0, 0.1) is 11.8 Å². The Morgan fingerprint density at radius 2 is 2.00 bits per heavy atom.